The number of halogens is 2. The third-order valence-corrected chi connectivity index (χ3v) is 4.30. The quantitative estimate of drug-likeness (QED) is 0.743. The lowest BCUT2D eigenvalue weighted by Crippen LogP contribution is -2.30. The Labute approximate surface area is 152 Å². The minimum Gasteiger partial charge on any atom is -0.493 e. The summed E-state index contributed by atoms with van der Waals surface area (Å²) in [4.78, 5) is 14.3. The van der Waals surface area contributed by atoms with Crippen LogP contribution in [0.15, 0.2) is 36.4 Å². The number of carbonyl (C=O) groups is 1. The van der Waals surface area contributed by atoms with Crippen molar-refractivity contribution in [1.29, 1.82) is 0 Å². The Morgan fingerprint density at radius 3 is 2.60 bits per heavy atom. The topological polar surface area (TPSA) is 38.8 Å². The molecule has 0 fully saturated rings. The van der Waals surface area contributed by atoms with E-state index in [-0.39, 0.29) is 16.7 Å². The average molecular weight is 366 g/mol. The van der Waals surface area contributed by atoms with E-state index in [2.05, 4.69) is 0 Å². The number of hydrogen-bond donors (Lipinski definition) is 0. The van der Waals surface area contributed by atoms with Crippen LogP contribution in [0.3, 0.4) is 0 Å². The van der Waals surface area contributed by atoms with E-state index in [0.717, 1.165) is 0 Å². The molecule has 1 amide bonds. The molecule has 0 radical (unpaired) electrons. The lowest BCUT2D eigenvalue weighted by Gasteiger charge is -2.26. The predicted molar refractivity (Wildman–Crippen MR) is 96.1 cm³/mol. The zero-order chi connectivity index (χ0) is 18.6. The van der Waals surface area contributed by atoms with Crippen molar-refractivity contribution in [2.24, 2.45) is 0 Å². The second-order valence-electron chi connectivity index (χ2n) is 5.54. The summed E-state index contributed by atoms with van der Waals surface area (Å²) in [5.41, 5.74) is 0.790. The molecule has 0 N–H and O–H groups in total. The van der Waals surface area contributed by atoms with E-state index in [0.29, 0.717) is 29.2 Å². The van der Waals surface area contributed by atoms with E-state index >= 15 is 0 Å². The van der Waals surface area contributed by atoms with Crippen LogP contribution in [-0.2, 0) is 0 Å². The van der Waals surface area contributed by atoms with E-state index in [1.54, 1.807) is 38.2 Å². The van der Waals surface area contributed by atoms with E-state index in [4.69, 9.17) is 21.1 Å². The van der Waals surface area contributed by atoms with Gasteiger partial charge in [0.2, 0.25) is 0 Å². The van der Waals surface area contributed by atoms with Gasteiger partial charge in [0.05, 0.1) is 24.8 Å². The lowest BCUT2D eigenvalue weighted by atomic mass is 10.1. The average Bonchev–Trinajstić information content (AvgIpc) is 2.61. The van der Waals surface area contributed by atoms with Crippen LogP contribution in [0, 0.1) is 5.82 Å². The third-order valence-electron chi connectivity index (χ3n) is 4.02. The highest BCUT2D eigenvalue weighted by molar-refractivity contribution is 6.32. The molecule has 0 aliphatic heterocycles. The zero-order valence-corrected chi connectivity index (χ0v) is 15.4. The van der Waals surface area contributed by atoms with Crippen LogP contribution in [0.2, 0.25) is 5.02 Å². The molecule has 0 saturated carbocycles. The predicted octanol–water partition coefficient (Wildman–Crippen LogP) is 4.72. The molecule has 2 aromatic rings. The molecular weight excluding hydrogens is 345 g/mol. The van der Waals surface area contributed by atoms with Crippen LogP contribution < -0.4 is 9.47 Å². The number of amides is 1. The number of methoxy groups -OCH3 is 1. The maximum atomic E-state index is 14.0. The smallest absolute Gasteiger partial charge is 0.254 e. The van der Waals surface area contributed by atoms with Crippen molar-refractivity contribution in [3.05, 3.63) is 58.4 Å². The van der Waals surface area contributed by atoms with Crippen LogP contribution in [-0.4, -0.2) is 31.6 Å². The van der Waals surface area contributed by atoms with Gasteiger partial charge in [-0.3, -0.25) is 4.79 Å². The second kappa shape index (κ2) is 8.21. The molecule has 4 nitrogen and oxygen atoms in total. The Kier molecular flexibility index (Phi) is 6.26. The molecule has 0 aromatic heterocycles. The fraction of sp³-hybridized carbons (Fsp3) is 0.316. The standard InChI is InChI=1S/C19H21ClFNO3/c1-5-25-18-15(20)10-13(11-17(18)24-4)19(23)22(3)12(2)14-8-6-7-9-16(14)21/h6-12H,5H2,1-4H3. The van der Waals surface area contributed by atoms with Gasteiger partial charge < -0.3 is 14.4 Å². The van der Waals surface area contributed by atoms with Gasteiger partial charge in [0.25, 0.3) is 5.91 Å². The fourth-order valence-electron chi connectivity index (χ4n) is 2.53. The fourth-order valence-corrected chi connectivity index (χ4v) is 2.80. The van der Waals surface area contributed by atoms with Gasteiger partial charge in [-0.15, -0.1) is 0 Å². The first-order chi connectivity index (χ1) is 11.9. The van der Waals surface area contributed by atoms with Gasteiger partial charge >= 0.3 is 0 Å². The van der Waals surface area contributed by atoms with Gasteiger partial charge in [0, 0.05) is 18.2 Å². The first-order valence-corrected chi connectivity index (χ1v) is 8.30. The molecular formula is C19H21ClFNO3. The number of ether oxygens (including phenoxy) is 2. The normalized spacial score (nSPS) is 11.8. The van der Waals surface area contributed by atoms with Gasteiger partial charge in [-0.1, -0.05) is 29.8 Å². The Balaban J connectivity index is 2.33. The van der Waals surface area contributed by atoms with Crippen molar-refractivity contribution in [2.45, 2.75) is 19.9 Å². The SMILES string of the molecule is CCOc1c(Cl)cc(C(=O)N(C)C(C)c2ccccc2F)cc1OC. The highest BCUT2D eigenvalue weighted by atomic mass is 35.5. The summed E-state index contributed by atoms with van der Waals surface area (Å²) in [5, 5.41) is 0.288. The first kappa shape index (κ1) is 19.1. The van der Waals surface area contributed by atoms with E-state index in [9.17, 15) is 9.18 Å². The maximum Gasteiger partial charge on any atom is 0.254 e. The number of benzene rings is 2. The minimum atomic E-state index is -0.440. The van der Waals surface area contributed by atoms with Crippen LogP contribution in [0.25, 0.3) is 0 Å². The van der Waals surface area contributed by atoms with Crippen molar-refractivity contribution in [3.8, 4) is 11.5 Å². The number of nitrogens with zero attached hydrogens (tertiary/aromatic N) is 1. The summed E-state index contributed by atoms with van der Waals surface area (Å²) in [6.07, 6.45) is 0. The molecule has 2 aromatic carbocycles. The van der Waals surface area contributed by atoms with Crippen molar-refractivity contribution < 1.29 is 18.7 Å². The lowest BCUT2D eigenvalue weighted by molar-refractivity contribution is 0.0740. The summed E-state index contributed by atoms with van der Waals surface area (Å²) in [5.74, 6) is 0.133. The number of hydrogen-bond acceptors (Lipinski definition) is 3. The Morgan fingerprint density at radius 2 is 2.00 bits per heavy atom. The number of carbonyl (C=O) groups excluding carboxylic acids is 1. The molecule has 1 atom stereocenters. The summed E-state index contributed by atoms with van der Waals surface area (Å²) in [6.45, 7) is 4.02. The molecule has 2 rings (SSSR count). The van der Waals surface area contributed by atoms with Gasteiger partial charge in [-0.05, 0) is 32.0 Å². The third kappa shape index (κ3) is 4.04. The monoisotopic (exact) mass is 365 g/mol. The molecule has 0 heterocycles. The van der Waals surface area contributed by atoms with Crippen LogP contribution in [0.1, 0.15) is 35.8 Å². The van der Waals surface area contributed by atoms with Crippen molar-refractivity contribution >= 4 is 17.5 Å². The zero-order valence-electron chi connectivity index (χ0n) is 14.7. The van der Waals surface area contributed by atoms with E-state index < -0.39 is 6.04 Å². The van der Waals surface area contributed by atoms with E-state index in [1.165, 1.54) is 24.1 Å². The summed E-state index contributed by atoms with van der Waals surface area (Å²) >= 11 is 6.23. The Bertz CT molecular complexity index is 766. The molecule has 0 saturated heterocycles. The summed E-state index contributed by atoms with van der Waals surface area (Å²) < 4.78 is 24.7. The Hall–Kier alpha value is -2.27. The molecule has 6 heteroatoms. The van der Waals surface area contributed by atoms with Gasteiger partial charge in [0.15, 0.2) is 11.5 Å². The largest absolute Gasteiger partial charge is 0.493 e. The number of rotatable bonds is 6. The molecule has 0 aliphatic rings. The summed E-state index contributed by atoms with van der Waals surface area (Å²) in [7, 11) is 3.10. The second-order valence-corrected chi connectivity index (χ2v) is 5.94. The van der Waals surface area contributed by atoms with Crippen LogP contribution in [0.5, 0.6) is 11.5 Å². The van der Waals surface area contributed by atoms with Crippen LogP contribution >= 0.6 is 11.6 Å². The molecule has 25 heavy (non-hydrogen) atoms. The van der Waals surface area contributed by atoms with E-state index in [1.807, 2.05) is 6.92 Å². The highest BCUT2D eigenvalue weighted by Gasteiger charge is 2.23. The van der Waals surface area contributed by atoms with Gasteiger partial charge in [0.1, 0.15) is 5.82 Å². The van der Waals surface area contributed by atoms with Crippen LogP contribution in [0.4, 0.5) is 4.39 Å². The van der Waals surface area contributed by atoms with Crippen molar-refractivity contribution in [1.82, 2.24) is 4.90 Å². The molecule has 0 bridgehead atoms. The van der Waals surface area contributed by atoms with Crippen molar-refractivity contribution in [2.75, 3.05) is 20.8 Å². The summed E-state index contributed by atoms with van der Waals surface area (Å²) in [6, 6.07) is 9.06. The molecule has 1 unspecified atom stereocenters. The minimum absolute atomic E-state index is 0.288. The Morgan fingerprint density at radius 1 is 1.32 bits per heavy atom. The van der Waals surface area contributed by atoms with Crippen molar-refractivity contribution in [3.63, 3.8) is 0 Å². The van der Waals surface area contributed by atoms with Gasteiger partial charge in [-0.2, -0.15) is 0 Å². The first-order valence-electron chi connectivity index (χ1n) is 7.92. The van der Waals surface area contributed by atoms with Gasteiger partial charge in [-0.25, -0.2) is 4.39 Å². The molecule has 134 valence electrons. The molecule has 0 aliphatic carbocycles. The highest BCUT2D eigenvalue weighted by Crippen LogP contribution is 2.37. The molecule has 0 spiro atoms. The maximum absolute atomic E-state index is 14.0.